The number of benzene rings is 1. The van der Waals surface area contributed by atoms with Gasteiger partial charge in [0, 0.05) is 23.4 Å². The van der Waals surface area contributed by atoms with Gasteiger partial charge in [-0.3, -0.25) is 9.63 Å². The smallest absolute Gasteiger partial charge is 0.297 e. The Kier molecular flexibility index (Phi) is 3.78. The van der Waals surface area contributed by atoms with Crippen LogP contribution in [0.25, 0.3) is 5.69 Å². The second-order valence-electron chi connectivity index (χ2n) is 3.63. The Balaban J connectivity index is 2.28. The van der Waals surface area contributed by atoms with Crippen LogP contribution in [0.15, 0.2) is 41.3 Å². The Bertz CT molecular complexity index is 568. The summed E-state index contributed by atoms with van der Waals surface area (Å²) in [4.78, 5) is 20.7. The maximum Gasteiger partial charge on any atom is 0.297 e. The van der Waals surface area contributed by atoms with Crippen LogP contribution in [0.1, 0.15) is 10.5 Å². The Labute approximate surface area is 113 Å². The lowest BCUT2D eigenvalue weighted by Crippen LogP contribution is -2.25. The van der Waals surface area contributed by atoms with Gasteiger partial charge in [-0.15, -0.1) is 0 Å². The topological polar surface area (TPSA) is 47.4 Å². The van der Waals surface area contributed by atoms with Gasteiger partial charge in [-0.1, -0.05) is 22.0 Å². The molecular formula is C12H12BrN3O2. The molecule has 0 spiro atoms. The number of hydrogen-bond acceptors (Lipinski definition) is 3. The number of aromatic nitrogens is 2. The van der Waals surface area contributed by atoms with Crippen LogP contribution >= 0.6 is 15.9 Å². The SMILES string of the molecule is CON(C)C(=O)c1cn(-c2cccc(Br)c2)cn1. The summed E-state index contributed by atoms with van der Waals surface area (Å²) < 4.78 is 2.75. The van der Waals surface area contributed by atoms with Gasteiger partial charge in [-0.25, -0.2) is 10.0 Å². The van der Waals surface area contributed by atoms with Crippen LogP contribution in [0.2, 0.25) is 0 Å². The molecule has 0 aliphatic heterocycles. The van der Waals surface area contributed by atoms with Crippen LogP contribution in [0, 0.1) is 0 Å². The van der Waals surface area contributed by atoms with Gasteiger partial charge in [0.2, 0.25) is 0 Å². The number of hydroxylamine groups is 2. The lowest BCUT2D eigenvalue weighted by Gasteiger charge is -2.11. The zero-order chi connectivity index (χ0) is 13.1. The Morgan fingerprint density at radius 3 is 2.94 bits per heavy atom. The number of rotatable bonds is 3. The molecule has 2 rings (SSSR count). The predicted molar refractivity (Wildman–Crippen MR) is 70.4 cm³/mol. The number of hydrogen-bond donors (Lipinski definition) is 0. The van der Waals surface area contributed by atoms with Crippen LogP contribution in [-0.2, 0) is 4.84 Å². The van der Waals surface area contributed by atoms with Crippen molar-refractivity contribution in [2.75, 3.05) is 14.2 Å². The van der Waals surface area contributed by atoms with Crippen molar-refractivity contribution in [2.45, 2.75) is 0 Å². The molecule has 0 radical (unpaired) electrons. The van der Waals surface area contributed by atoms with E-state index in [9.17, 15) is 4.79 Å². The van der Waals surface area contributed by atoms with Gasteiger partial charge in [-0.2, -0.15) is 0 Å². The third-order valence-electron chi connectivity index (χ3n) is 2.47. The van der Waals surface area contributed by atoms with Crippen molar-refractivity contribution >= 4 is 21.8 Å². The largest absolute Gasteiger partial charge is 0.305 e. The summed E-state index contributed by atoms with van der Waals surface area (Å²) in [6.45, 7) is 0. The predicted octanol–water partition coefficient (Wildman–Crippen LogP) is 2.27. The summed E-state index contributed by atoms with van der Waals surface area (Å²) in [6, 6.07) is 7.73. The lowest BCUT2D eigenvalue weighted by molar-refractivity contribution is -0.0760. The summed E-state index contributed by atoms with van der Waals surface area (Å²) in [5, 5.41) is 1.13. The number of imidazole rings is 1. The second kappa shape index (κ2) is 5.32. The van der Waals surface area contributed by atoms with Crippen LogP contribution in [0.5, 0.6) is 0 Å². The van der Waals surface area contributed by atoms with E-state index in [0.717, 1.165) is 15.2 Å². The van der Waals surface area contributed by atoms with Crippen molar-refractivity contribution in [2.24, 2.45) is 0 Å². The highest BCUT2D eigenvalue weighted by Gasteiger charge is 2.14. The molecule has 0 aliphatic carbocycles. The van der Waals surface area contributed by atoms with Crippen LogP contribution in [0.4, 0.5) is 0 Å². The Morgan fingerprint density at radius 1 is 1.50 bits per heavy atom. The average molecular weight is 310 g/mol. The van der Waals surface area contributed by atoms with E-state index in [0.29, 0.717) is 5.69 Å². The molecule has 6 heteroatoms. The summed E-state index contributed by atoms with van der Waals surface area (Å²) in [5.74, 6) is -0.286. The first-order valence-electron chi connectivity index (χ1n) is 5.24. The molecule has 18 heavy (non-hydrogen) atoms. The molecule has 0 saturated carbocycles. The van der Waals surface area contributed by atoms with Crippen molar-refractivity contribution in [1.29, 1.82) is 0 Å². The molecule has 0 atom stereocenters. The van der Waals surface area contributed by atoms with Gasteiger partial charge >= 0.3 is 0 Å². The van der Waals surface area contributed by atoms with Gasteiger partial charge in [0.15, 0.2) is 0 Å². The molecule has 0 saturated heterocycles. The number of nitrogens with zero attached hydrogens (tertiary/aromatic N) is 3. The van der Waals surface area contributed by atoms with E-state index < -0.39 is 0 Å². The normalized spacial score (nSPS) is 10.4. The van der Waals surface area contributed by atoms with Gasteiger partial charge in [-0.05, 0) is 18.2 Å². The van der Waals surface area contributed by atoms with E-state index in [1.54, 1.807) is 24.1 Å². The molecule has 0 unspecified atom stereocenters. The Morgan fingerprint density at radius 2 is 2.28 bits per heavy atom. The molecule has 1 aromatic heterocycles. The third-order valence-corrected chi connectivity index (χ3v) is 2.96. The molecule has 0 fully saturated rings. The minimum absolute atomic E-state index is 0.286. The molecule has 1 amide bonds. The zero-order valence-corrected chi connectivity index (χ0v) is 11.6. The number of halogens is 1. The fourth-order valence-electron chi connectivity index (χ4n) is 1.46. The highest BCUT2D eigenvalue weighted by atomic mass is 79.9. The summed E-state index contributed by atoms with van der Waals surface area (Å²) >= 11 is 3.40. The van der Waals surface area contributed by atoms with Gasteiger partial charge in [0.05, 0.1) is 7.11 Å². The molecule has 0 N–H and O–H groups in total. The van der Waals surface area contributed by atoms with E-state index in [-0.39, 0.29) is 5.91 Å². The maximum absolute atomic E-state index is 11.8. The summed E-state index contributed by atoms with van der Waals surface area (Å²) in [6.07, 6.45) is 3.26. The number of amides is 1. The van der Waals surface area contributed by atoms with Crippen molar-refractivity contribution in [3.8, 4) is 5.69 Å². The molecule has 0 bridgehead atoms. The third kappa shape index (κ3) is 2.60. The van der Waals surface area contributed by atoms with Crippen LogP contribution in [-0.4, -0.2) is 34.7 Å². The average Bonchev–Trinajstić information content (AvgIpc) is 2.86. The van der Waals surface area contributed by atoms with E-state index in [1.807, 2.05) is 24.3 Å². The van der Waals surface area contributed by atoms with Crippen molar-refractivity contribution < 1.29 is 9.63 Å². The van der Waals surface area contributed by atoms with Crippen molar-refractivity contribution in [3.05, 3.63) is 47.0 Å². The van der Waals surface area contributed by atoms with E-state index in [4.69, 9.17) is 4.84 Å². The van der Waals surface area contributed by atoms with Crippen molar-refractivity contribution in [1.82, 2.24) is 14.6 Å². The fraction of sp³-hybridized carbons (Fsp3) is 0.167. The number of carbonyl (C=O) groups is 1. The minimum atomic E-state index is -0.286. The van der Waals surface area contributed by atoms with E-state index in [1.165, 1.54) is 7.11 Å². The highest BCUT2D eigenvalue weighted by molar-refractivity contribution is 9.10. The minimum Gasteiger partial charge on any atom is -0.305 e. The standard InChI is InChI=1S/C12H12BrN3O2/c1-15(18-2)12(17)11-7-16(8-14-11)10-5-3-4-9(13)6-10/h3-8H,1-2H3. The molecule has 94 valence electrons. The number of carbonyl (C=O) groups excluding carboxylic acids is 1. The van der Waals surface area contributed by atoms with Gasteiger partial charge in [0.25, 0.3) is 5.91 Å². The second-order valence-corrected chi connectivity index (χ2v) is 4.55. The molecule has 1 heterocycles. The first-order valence-corrected chi connectivity index (χ1v) is 6.03. The molecule has 0 aliphatic rings. The quantitative estimate of drug-likeness (QED) is 0.817. The van der Waals surface area contributed by atoms with E-state index >= 15 is 0 Å². The van der Waals surface area contributed by atoms with E-state index in [2.05, 4.69) is 20.9 Å². The first-order chi connectivity index (χ1) is 8.61. The highest BCUT2D eigenvalue weighted by Crippen LogP contribution is 2.16. The van der Waals surface area contributed by atoms with Crippen molar-refractivity contribution in [3.63, 3.8) is 0 Å². The zero-order valence-electron chi connectivity index (χ0n) is 10.0. The Hall–Kier alpha value is -1.66. The first kappa shape index (κ1) is 12.8. The fourth-order valence-corrected chi connectivity index (χ4v) is 1.84. The van der Waals surface area contributed by atoms with Crippen LogP contribution < -0.4 is 0 Å². The van der Waals surface area contributed by atoms with Gasteiger partial charge in [0.1, 0.15) is 12.0 Å². The molecule has 1 aromatic carbocycles. The summed E-state index contributed by atoms with van der Waals surface area (Å²) in [7, 11) is 2.98. The lowest BCUT2D eigenvalue weighted by atomic mass is 10.3. The summed E-state index contributed by atoms with van der Waals surface area (Å²) in [5.41, 5.74) is 1.26. The molecule has 5 nitrogen and oxygen atoms in total. The molecular weight excluding hydrogens is 298 g/mol. The van der Waals surface area contributed by atoms with Gasteiger partial charge < -0.3 is 4.57 Å². The van der Waals surface area contributed by atoms with Crippen LogP contribution in [0.3, 0.4) is 0 Å². The monoisotopic (exact) mass is 309 g/mol. The maximum atomic E-state index is 11.8. The molecule has 2 aromatic rings.